The van der Waals surface area contributed by atoms with E-state index in [-0.39, 0.29) is 5.78 Å². The third kappa shape index (κ3) is 3.13. The number of cyclic esters (lactones) is 1. The third-order valence-electron chi connectivity index (χ3n) is 2.76. The lowest BCUT2D eigenvalue weighted by molar-refractivity contribution is -0.146. The molecule has 1 aliphatic rings. The van der Waals surface area contributed by atoms with Crippen molar-refractivity contribution in [2.45, 2.75) is 20.4 Å². The Labute approximate surface area is 111 Å². The van der Waals surface area contributed by atoms with Crippen molar-refractivity contribution in [1.82, 2.24) is 4.98 Å². The van der Waals surface area contributed by atoms with Gasteiger partial charge in [0, 0.05) is 18.0 Å². The Morgan fingerprint density at radius 1 is 1.42 bits per heavy atom. The van der Waals surface area contributed by atoms with Crippen LogP contribution in [-0.2, 0) is 20.9 Å². The van der Waals surface area contributed by atoms with E-state index in [0.717, 1.165) is 5.69 Å². The lowest BCUT2D eigenvalue weighted by atomic mass is 9.97. The van der Waals surface area contributed by atoms with Crippen LogP contribution >= 0.6 is 0 Å². The average Bonchev–Trinajstić information content (AvgIpc) is 2.36. The molecule has 1 atom stereocenters. The molecule has 1 aromatic rings. The number of pyridine rings is 1. The maximum atomic E-state index is 11.8. The molecule has 5 heteroatoms. The van der Waals surface area contributed by atoms with Gasteiger partial charge < -0.3 is 4.74 Å². The molecule has 0 aromatic carbocycles. The van der Waals surface area contributed by atoms with Crippen molar-refractivity contribution in [2.75, 3.05) is 0 Å². The van der Waals surface area contributed by atoms with Crippen molar-refractivity contribution in [3.63, 3.8) is 0 Å². The van der Waals surface area contributed by atoms with Crippen LogP contribution < -0.4 is 0 Å². The second-order valence-corrected chi connectivity index (χ2v) is 4.29. The van der Waals surface area contributed by atoms with Gasteiger partial charge in [-0.05, 0) is 26.0 Å². The van der Waals surface area contributed by atoms with Gasteiger partial charge in [0.15, 0.2) is 11.7 Å². The molecule has 1 unspecified atom stereocenters. The molecule has 0 saturated carbocycles. The molecule has 0 amide bonds. The third-order valence-corrected chi connectivity index (χ3v) is 2.76. The molecule has 0 radical (unpaired) electrons. The minimum absolute atomic E-state index is 0.281. The van der Waals surface area contributed by atoms with E-state index in [0.29, 0.717) is 18.0 Å². The predicted molar refractivity (Wildman–Crippen MR) is 69.4 cm³/mol. The molecule has 0 fully saturated rings. The highest BCUT2D eigenvalue weighted by Crippen LogP contribution is 2.16. The first-order valence-corrected chi connectivity index (χ1v) is 5.92. The van der Waals surface area contributed by atoms with Crippen LogP contribution in [-0.4, -0.2) is 22.4 Å². The molecule has 19 heavy (non-hydrogen) atoms. The molecule has 1 aliphatic heterocycles. The summed E-state index contributed by atoms with van der Waals surface area (Å²) in [5, 5.41) is 0. The summed E-state index contributed by atoms with van der Waals surface area (Å²) in [5.41, 5.74) is 1.23. The predicted octanol–water partition coefficient (Wildman–Crippen LogP) is 1.69. The number of ketones is 1. The van der Waals surface area contributed by atoms with E-state index in [4.69, 9.17) is 4.74 Å². The number of hydrogen-bond acceptors (Lipinski definition) is 5. The average molecular weight is 258 g/mol. The van der Waals surface area contributed by atoms with E-state index in [9.17, 15) is 9.59 Å². The highest BCUT2D eigenvalue weighted by Gasteiger charge is 2.33. The molecular weight excluding hydrogens is 244 g/mol. The molecule has 0 N–H and O–H groups in total. The van der Waals surface area contributed by atoms with Crippen LogP contribution in [0.5, 0.6) is 0 Å². The topological polar surface area (TPSA) is 68.6 Å². The first kappa shape index (κ1) is 13.1. The number of allylic oxidation sites excluding steroid dienone is 2. The second kappa shape index (κ2) is 5.56. The molecule has 98 valence electrons. The summed E-state index contributed by atoms with van der Waals surface area (Å²) in [6.45, 7) is 3.57. The largest absolute Gasteiger partial charge is 0.430 e. The van der Waals surface area contributed by atoms with Crippen molar-refractivity contribution in [2.24, 2.45) is 10.9 Å². The van der Waals surface area contributed by atoms with Gasteiger partial charge in [-0.15, -0.1) is 0 Å². The molecule has 0 aliphatic carbocycles. The Balaban J connectivity index is 2.13. The molecule has 2 heterocycles. The van der Waals surface area contributed by atoms with Gasteiger partial charge in [-0.1, -0.05) is 6.07 Å². The van der Waals surface area contributed by atoms with Gasteiger partial charge in [-0.25, -0.2) is 0 Å². The number of carbonyl (C=O) groups excluding carboxylic acids is 2. The van der Waals surface area contributed by atoms with Gasteiger partial charge in [0.1, 0.15) is 5.76 Å². The number of aromatic nitrogens is 1. The molecular formula is C14H14N2O3. The van der Waals surface area contributed by atoms with Crippen LogP contribution in [0.3, 0.4) is 0 Å². The zero-order valence-corrected chi connectivity index (χ0v) is 10.8. The van der Waals surface area contributed by atoms with Crippen molar-refractivity contribution < 1.29 is 14.3 Å². The Morgan fingerprint density at radius 3 is 2.84 bits per heavy atom. The number of esters is 1. The van der Waals surface area contributed by atoms with Gasteiger partial charge in [-0.3, -0.25) is 19.6 Å². The first-order valence-electron chi connectivity index (χ1n) is 5.92. The molecule has 5 nitrogen and oxygen atoms in total. The lowest BCUT2D eigenvalue weighted by Crippen LogP contribution is -2.34. The van der Waals surface area contributed by atoms with E-state index >= 15 is 0 Å². The number of carbonyl (C=O) groups is 2. The van der Waals surface area contributed by atoms with Crippen LogP contribution in [0.4, 0.5) is 0 Å². The van der Waals surface area contributed by atoms with Crippen molar-refractivity contribution in [1.29, 1.82) is 0 Å². The zero-order chi connectivity index (χ0) is 13.8. The minimum atomic E-state index is -0.924. The quantitative estimate of drug-likeness (QED) is 0.470. The fourth-order valence-electron chi connectivity index (χ4n) is 1.81. The van der Waals surface area contributed by atoms with Crippen LogP contribution in [0.25, 0.3) is 0 Å². The summed E-state index contributed by atoms with van der Waals surface area (Å²) in [6.07, 6.45) is 3.00. The van der Waals surface area contributed by atoms with Gasteiger partial charge in [0.25, 0.3) is 0 Å². The Bertz CT molecular complexity index is 561. The monoisotopic (exact) mass is 258 g/mol. The smallest absolute Gasteiger partial charge is 0.327 e. The SMILES string of the molecule is CC1=CC(=O)C(C(C)=NCc2ccccn2)C(=O)O1. The molecule has 1 aromatic heterocycles. The zero-order valence-electron chi connectivity index (χ0n) is 10.8. The standard InChI is InChI=1S/C14H14N2O3/c1-9-7-12(17)13(14(18)19-9)10(2)16-8-11-5-3-4-6-15-11/h3-7,13H,8H2,1-2H3. The van der Waals surface area contributed by atoms with E-state index < -0.39 is 11.9 Å². The summed E-state index contributed by atoms with van der Waals surface area (Å²) >= 11 is 0. The van der Waals surface area contributed by atoms with Crippen LogP contribution in [0.2, 0.25) is 0 Å². The highest BCUT2D eigenvalue weighted by atomic mass is 16.5. The number of rotatable bonds is 3. The van der Waals surface area contributed by atoms with Crippen molar-refractivity contribution >= 4 is 17.5 Å². The number of nitrogens with zero attached hydrogens (tertiary/aromatic N) is 2. The van der Waals surface area contributed by atoms with Gasteiger partial charge >= 0.3 is 5.97 Å². The number of hydrogen-bond donors (Lipinski definition) is 0. The van der Waals surface area contributed by atoms with Crippen molar-refractivity contribution in [3.05, 3.63) is 41.9 Å². The fraction of sp³-hybridized carbons (Fsp3) is 0.286. The maximum absolute atomic E-state index is 11.8. The molecule has 0 bridgehead atoms. The highest BCUT2D eigenvalue weighted by molar-refractivity contribution is 6.22. The Morgan fingerprint density at radius 2 is 2.21 bits per heavy atom. The fourth-order valence-corrected chi connectivity index (χ4v) is 1.81. The molecule has 0 spiro atoms. The van der Waals surface area contributed by atoms with Crippen molar-refractivity contribution in [3.8, 4) is 0 Å². The normalized spacial score (nSPS) is 20.0. The van der Waals surface area contributed by atoms with E-state index in [2.05, 4.69) is 9.98 Å². The molecule has 0 saturated heterocycles. The summed E-state index contributed by atoms with van der Waals surface area (Å²) in [4.78, 5) is 31.9. The van der Waals surface area contributed by atoms with Gasteiger partial charge in [-0.2, -0.15) is 0 Å². The van der Waals surface area contributed by atoms with Gasteiger partial charge in [0.05, 0.1) is 12.2 Å². The maximum Gasteiger partial charge on any atom is 0.327 e. The summed E-state index contributed by atoms with van der Waals surface area (Å²) in [7, 11) is 0. The number of aliphatic imine (C=N–C) groups is 1. The van der Waals surface area contributed by atoms with E-state index in [1.165, 1.54) is 6.08 Å². The van der Waals surface area contributed by atoms with Crippen LogP contribution in [0.15, 0.2) is 41.2 Å². The van der Waals surface area contributed by atoms with Crippen LogP contribution in [0.1, 0.15) is 19.5 Å². The summed E-state index contributed by atoms with van der Waals surface area (Å²) in [5.74, 6) is -1.44. The summed E-state index contributed by atoms with van der Waals surface area (Å²) in [6, 6.07) is 5.51. The summed E-state index contributed by atoms with van der Waals surface area (Å²) < 4.78 is 4.95. The Hall–Kier alpha value is -2.30. The molecule has 2 rings (SSSR count). The van der Waals surface area contributed by atoms with E-state index in [1.54, 1.807) is 20.0 Å². The van der Waals surface area contributed by atoms with Gasteiger partial charge in [0.2, 0.25) is 0 Å². The van der Waals surface area contributed by atoms with Crippen LogP contribution in [0, 0.1) is 5.92 Å². The van der Waals surface area contributed by atoms with E-state index in [1.807, 2.05) is 18.2 Å². The minimum Gasteiger partial charge on any atom is -0.430 e. The lowest BCUT2D eigenvalue weighted by Gasteiger charge is -2.18. The first-order chi connectivity index (χ1) is 9.08. The number of ether oxygens (including phenoxy) is 1. The Kier molecular flexibility index (Phi) is 3.85. The second-order valence-electron chi connectivity index (χ2n) is 4.29.